The van der Waals surface area contributed by atoms with Crippen LogP contribution < -0.4 is 0 Å². The van der Waals surface area contributed by atoms with Crippen molar-refractivity contribution in [2.75, 3.05) is 6.61 Å². The van der Waals surface area contributed by atoms with Crippen molar-refractivity contribution in [2.45, 2.75) is 96.9 Å². The number of unbranched alkanes of at least 4 members (excludes halogenated alkanes) is 1. The predicted octanol–water partition coefficient (Wildman–Crippen LogP) is 1.36. The lowest BCUT2D eigenvalue weighted by atomic mass is 9.87. The normalized spacial score (nSPS) is 29.6. The lowest BCUT2D eigenvalue weighted by molar-refractivity contribution is -0.293. The molecule has 1 aliphatic rings. The lowest BCUT2D eigenvalue weighted by Gasteiger charge is -2.38. The maximum atomic E-state index is 11.9. The topological polar surface area (TPSA) is 113 Å². The molecule has 1 aliphatic heterocycles. The number of carbonyl (C=O) groups is 2. The van der Waals surface area contributed by atoms with Crippen LogP contribution in [0.5, 0.6) is 0 Å². The minimum atomic E-state index is -1.32. The second-order valence-electron chi connectivity index (χ2n) is 8.07. The highest BCUT2D eigenvalue weighted by molar-refractivity contribution is 5.83. The van der Waals surface area contributed by atoms with Crippen molar-refractivity contribution < 1.29 is 34.4 Å². The molecule has 7 heteroatoms. The van der Waals surface area contributed by atoms with Gasteiger partial charge in [0.1, 0.15) is 29.9 Å². The van der Waals surface area contributed by atoms with Crippen LogP contribution in [-0.2, 0) is 19.1 Å². The lowest BCUT2D eigenvalue weighted by Crippen LogP contribution is -2.57. The van der Waals surface area contributed by atoms with Gasteiger partial charge in [0.05, 0.1) is 12.7 Å². The van der Waals surface area contributed by atoms with Crippen molar-refractivity contribution in [1.82, 2.24) is 0 Å². The third-order valence-corrected chi connectivity index (χ3v) is 4.64. The van der Waals surface area contributed by atoms with Crippen LogP contribution in [-0.4, -0.2) is 64.2 Å². The van der Waals surface area contributed by atoms with Gasteiger partial charge >= 0.3 is 0 Å². The van der Waals surface area contributed by atoms with E-state index in [0.717, 1.165) is 6.42 Å². The Morgan fingerprint density at radius 3 is 2.12 bits per heavy atom. The molecule has 0 bridgehead atoms. The van der Waals surface area contributed by atoms with E-state index in [9.17, 15) is 24.9 Å². The van der Waals surface area contributed by atoms with Gasteiger partial charge in [-0.2, -0.15) is 0 Å². The Bertz CT molecular complexity index is 457. The molecule has 0 aromatic rings. The van der Waals surface area contributed by atoms with Crippen LogP contribution in [0.3, 0.4) is 0 Å². The highest BCUT2D eigenvalue weighted by Gasteiger charge is 2.42. The molecule has 1 fully saturated rings. The zero-order valence-electron chi connectivity index (χ0n) is 16.3. The number of carbonyl (C=O) groups excluding carboxylic acids is 2. The van der Waals surface area contributed by atoms with Crippen molar-refractivity contribution in [3.63, 3.8) is 0 Å². The Balaban J connectivity index is 2.14. The number of aliphatic hydroxyl groups excluding tert-OH is 3. The summed E-state index contributed by atoms with van der Waals surface area (Å²) < 4.78 is 10.7. The molecule has 5 atom stereocenters. The van der Waals surface area contributed by atoms with Gasteiger partial charge in [0, 0.05) is 24.7 Å². The maximum absolute atomic E-state index is 11.9. The molecular formula is C19H34O7. The zero-order chi connectivity index (χ0) is 19.9. The summed E-state index contributed by atoms with van der Waals surface area (Å²) in [7, 11) is 0. The predicted molar refractivity (Wildman–Crippen MR) is 95.5 cm³/mol. The van der Waals surface area contributed by atoms with Crippen molar-refractivity contribution in [3.8, 4) is 0 Å². The van der Waals surface area contributed by atoms with Crippen LogP contribution in [0.15, 0.2) is 0 Å². The third kappa shape index (κ3) is 7.40. The standard InChI is InChI=1S/C19H34O7/c1-12-15(22)16(23)17(24)18(26-12)25-11-7-9-13(20)8-5-6-10-14(21)19(2,3)4/h12,15-18,22-24H,5-11H2,1-4H3/t12-,15+,16+,17-,18+/m0/s1. The van der Waals surface area contributed by atoms with Crippen molar-refractivity contribution in [1.29, 1.82) is 0 Å². The van der Waals surface area contributed by atoms with Gasteiger partial charge < -0.3 is 24.8 Å². The molecule has 1 heterocycles. The summed E-state index contributed by atoms with van der Waals surface area (Å²) in [5.41, 5.74) is -0.325. The second-order valence-corrected chi connectivity index (χ2v) is 8.07. The van der Waals surface area contributed by atoms with E-state index in [0.29, 0.717) is 32.1 Å². The smallest absolute Gasteiger partial charge is 0.186 e. The number of rotatable bonds is 10. The summed E-state index contributed by atoms with van der Waals surface area (Å²) >= 11 is 0. The summed E-state index contributed by atoms with van der Waals surface area (Å²) in [6.45, 7) is 7.49. The highest BCUT2D eigenvalue weighted by atomic mass is 16.7. The molecule has 0 spiro atoms. The molecule has 1 saturated heterocycles. The van der Waals surface area contributed by atoms with Crippen molar-refractivity contribution in [2.24, 2.45) is 5.41 Å². The minimum absolute atomic E-state index is 0.116. The molecule has 0 aromatic carbocycles. The van der Waals surface area contributed by atoms with Crippen molar-refractivity contribution >= 4 is 11.6 Å². The van der Waals surface area contributed by atoms with Gasteiger partial charge in [-0.25, -0.2) is 0 Å². The number of hydrogen-bond acceptors (Lipinski definition) is 7. The number of Topliss-reactive ketones (excluding diaryl/α,β-unsaturated/α-hetero) is 2. The van der Waals surface area contributed by atoms with Crippen LogP contribution >= 0.6 is 0 Å². The van der Waals surface area contributed by atoms with E-state index in [1.807, 2.05) is 20.8 Å². The van der Waals surface area contributed by atoms with E-state index in [1.54, 1.807) is 6.92 Å². The number of aliphatic hydroxyl groups is 3. The van der Waals surface area contributed by atoms with Gasteiger partial charge in [-0.05, 0) is 26.2 Å². The number of ketones is 2. The highest BCUT2D eigenvalue weighted by Crippen LogP contribution is 2.22. The Labute approximate surface area is 155 Å². The van der Waals surface area contributed by atoms with Crippen LogP contribution in [0.2, 0.25) is 0 Å². The first kappa shape index (κ1) is 23.2. The molecule has 1 rings (SSSR count). The van der Waals surface area contributed by atoms with E-state index in [1.165, 1.54) is 0 Å². The van der Waals surface area contributed by atoms with Crippen LogP contribution in [0, 0.1) is 5.41 Å². The van der Waals surface area contributed by atoms with Gasteiger partial charge in [0.25, 0.3) is 0 Å². The van der Waals surface area contributed by atoms with Gasteiger partial charge in [-0.3, -0.25) is 9.59 Å². The van der Waals surface area contributed by atoms with Gasteiger partial charge in [-0.15, -0.1) is 0 Å². The Morgan fingerprint density at radius 2 is 1.50 bits per heavy atom. The van der Waals surface area contributed by atoms with Gasteiger partial charge in [-0.1, -0.05) is 20.8 Å². The second kappa shape index (κ2) is 10.5. The SMILES string of the molecule is C[C@@H]1O[C@@H](OCCCC(=O)CCCCC(=O)C(C)(C)C)[C@@H](O)[C@H](O)[C@@H]1O. The molecule has 0 radical (unpaired) electrons. The average Bonchev–Trinajstić information content (AvgIpc) is 2.56. The molecule has 0 unspecified atom stereocenters. The molecule has 0 saturated carbocycles. The van der Waals surface area contributed by atoms with Crippen LogP contribution in [0.4, 0.5) is 0 Å². The summed E-state index contributed by atoms with van der Waals surface area (Å²) in [6.07, 6.45) is -2.24. The first-order chi connectivity index (χ1) is 12.0. The molecule has 3 N–H and O–H groups in total. The summed E-state index contributed by atoms with van der Waals surface area (Å²) in [5, 5.41) is 29.1. The van der Waals surface area contributed by atoms with Crippen LogP contribution in [0.1, 0.15) is 66.2 Å². The Hall–Kier alpha value is -0.860. The quantitative estimate of drug-likeness (QED) is 0.495. The van der Waals surface area contributed by atoms with Crippen molar-refractivity contribution in [3.05, 3.63) is 0 Å². The number of hydrogen-bond donors (Lipinski definition) is 3. The third-order valence-electron chi connectivity index (χ3n) is 4.64. The molecule has 0 aromatic heterocycles. The molecular weight excluding hydrogens is 340 g/mol. The average molecular weight is 374 g/mol. The Morgan fingerprint density at radius 1 is 0.923 bits per heavy atom. The zero-order valence-corrected chi connectivity index (χ0v) is 16.3. The van der Waals surface area contributed by atoms with E-state index in [-0.39, 0.29) is 23.6 Å². The van der Waals surface area contributed by atoms with Gasteiger partial charge in [0.2, 0.25) is 0 Å². The summed E-state index contributed by atoms with van der Waals surface area (Å²) in [4.78, 5) is 23.6. The number of ether oxygens (including phenoxy) is 2. The fourth-order valence-electron chi connectivity index (χ4n) is 2.73. The Kier molecular flexibility index (Phi) is 9.33. The monoisotopic (exact) mass is 374 g/mol. The largest absolute Gasteiger partial charge is 0.388 e. The minimum Gasteiger partial charge on any atom is -0.388 e. The summed E-state index contributed by atoms with van der Waals surface area (Å²) in [5.74, 6) is 0.330. The van der Waals surface area contributed by atoms with Crippen LogP contribution in [0.25, 0.3) is 0 Å². The molecule has 0 amide bonds. The van der Waals surface area contributed by atoms with E-state index < -0.39 is 30.7 Å². The van der Waals surface area contributed by atoms with Gasteiger partial charge in [0.15, 0.2) is 6.29 Å². The molecule has 0 aliphatic carbocycles. The molecule has 152 valence electrons. The molecule has 7 nitrogen and oxygen atoms in total. The van der Waals surface area contributed by atoms with E-state index >= 15 is 0 Å². The summed E-state index contributed by atoms with van der Waals surface area (Å²) in [6, 6.07) is 0. The first-order valence-corrected chi connectivity index (χ1v) is 9.40. The van der Waals surface area contributed by atoms with E-state index in [2.05, 4.69) is 0 Å². The molecule has 26 heavy (non-hydrogen) atoms. The first-order valence-electron chi connectivity index (χ1n) is 9.40. The fourth-order valence-corrected chi connectivity index (χ4v) is 2.73. The van der Waals surface area contributed by atoms with E-state index in [4.69, 9.17) is 9.47 Å². The maximum Gasteiger partial charge on any atom is 0.186 e. The fraction of sp³-hybridized carbons (Fsp3) is 0.895.